The van der Waals surface area contributed by atoms with Gasteiger partial charge < -0.3 is 20.8 Å². The fraction of sp³-hybridized carbons (Fsp3) is 0.357. The van der Waals surface area contributed by atoms with Crippen molar-refractivity contribution >= 4 is 23.3 Å². The molecule has 0 spiro atoms. The molecular formula is C14H19N5O2. The van der Waals surface area contributed by atoms with E-state index in [0.717, 1.165) is 16.6 Å². The molecule has 0 bridgehead atoms. The lowest BCUT2D eigenvalue weighted by molar-refractivity contribution is -0.120. The molecule has 2 rings (SSSR count). The van der Waals surface area contributed by atoms with Crippen molar-refractivity contribution in [1.82, 2.24) is 15.3 Å². The maximum Gasteiger partial charge on any atom is 0.224 e. The van der Waals surface area contributed by atoms with Gasteiger partial charge in [0.05, 0.1) is 36.9 Å². The smallest absolute Gasteiger partial charge is 0.224 e. The quantitative estimate of drug-likeness (QED) is 0.535. The van der Waals surface area contributed by atoms with Gasteiger partial charge in [-0.3, -0.25) is 9.79 Å². The predicted octanol–water partition coefficient (Wildman–Crippen LogP) is 0.606. The largest absolute Gasteiger partial charge is 0.481 e. The van der Waals surface area contributed by atoms with Gasteiger partial charge in [0.15, 0.2) is 0 Å². The molecule has 7 heteroatoms. The number of nitrogens with two attached hydrogens (primary N) is 1. The lowest BCUT2D eigenvalue weighted by atomic mass is 10.2. The summed E-state index contributed by atoms with van der Waals surface area (Å²) in [5.74, 6) is 0.439. The summed E-state index contributed by atoms with van der Waals surface area (Å²) in [6.45, 7) is 2.33. The highest BCUT2D eigenvalue weighted by Crippen LogP contribution is 2.19. The monoisotopic (exact) mass is 289 g/mol. The van der Waals surface area contributed by atoms with Gasteiger partial charge in [-0.05, 0) is 13.0 Å². The number of ether oxygens (including phenoxy) is 1. The molecule has 112 valence electrons. The molecule has 0 fully saturated rings. The number of hydrogen-bond donors (Lipinski definition) is 3. The Hall–Kier alpha value is -2.57. The van der Waals surface area contributed by atoms with E-state index in [1.165, 1.54) is 6.34 Å². The normalized spacial score (nSPS) is 12.7. The number of pyridine rings is 1. The first kappa shape index (κ1) is 14.8. The number of carbonyl (C=O) groups excluding carboxylic acids is 1. The van der Waals surface area contributed by atoms with Crippen LogP contribution in [0, 0.1) is 0 Å². The molecule has 0 aromatic carbocycles. The van der Waals surface area contributed by atoms with Crippen molar-refractivity contribution in [3.05, 3.63) is 23.9 Å². The van der Waals surface area contributed by atoms with Crippen molar-refractivity contribution in [2.75, 3.05) is 13.7 Å². The Bertz CT molecular complexity index is 650. The summed E-state index contributed by atoms with van der Waals surface area (Å²) >= 11 is 0. The van der Waals surface area contributed by atoms with E-state index < -0.39 is 0 Å². The van der Waals surface area contributed by atoms with E-state index in [4.69, 9.17) is 10.5 Å². The molecule has 1 unspecified atom stereocenters. The van der Waals surface area contributed by atoms with Gasteiger partial charge in [0.1, 0.15) is 0 Å². The first-order valence-corrected chi connectivity index (χ1v) is 6.65. The standard InChI is InChI=1S/C14H19N5O2/c1-9(18-8-15)6-17-12(20)5-10-7-16-11-3-4-13(21-2)19-14(10)11/h3-4,7-9,16H,5-6H2,1-2H3,(H2,15,18)(H,17,20). The number of methoxy groups -OCH3 is 1. The number of H-pyrrole nitrogens is 1. The van der Waals surface area contributed by atoms with Crippen LogP contribution >= 0.6 is 0 Å². The summed E-state index contributed by atoms with van der Waals surface area (Å²) in [5, 5.41) is 2.82. The van der Waals surface area contributed by atoms with Crippen LogP contribution in [-0.4, -0.2) is 41.9 Å². The van der Waals surface area contributed by atoms with Gasteiger partial charge >= 0.3 is 0 Å². The number of aliphatic imine (C=N–C) groups is 1. The average Bonchev–Trinajstić information content (AvgIpc) is 2.87. The zero-order valence-electron chi connectivity index (χ0n) is 12.1. The molecule has 1 atom stereocenters. The Morgan fingerprint density at radius 2 is 2.43 bits per heavy atom. The van der Waals surface area contributed by atoms with E-state index in [2.05, 4.69) is 20.3 Å². The molecule has 0 aliphatic carbocycles. The van der Waals surface area contributed by atoms with Gasteiger partial charge in [0.25, 0.3) is 0 Å². The highest BCUT2D eigenvalue weighted by atomic mass is 16.5. The zero-order chi connectivity index (χ0) is 15.2. The van der Waals surface area contributed by atoms with Crippen molar-refractivity contribution in [2.45, 2.75) is 19.4 Å². The molecule has 1 amide bonds. The second kappa shape index (κ2) is 6.74. The number of hydrogen-bond acceptors (Lipinski definition) is 4. The predicted molar refractivity (Wildman–Crippen MR) is 81.5 cm³/mol. The second-order valence-corrected chi connectivity index (χ2v) is 4.69. The Labute approximate surface area is 122 Å². The topological polar surface area (TPSA) is 105 Å². The minimum Gasteiger partial charge on any atom is -0.481 e. The van der Waals surface area contributed by atoms with E-state index in [0.29, 0.717) is 12.4 Å². The van der Waals surface area contributed by atoms with Crippen molar-refractivity contribution in [2.24, 2.45) is 10.7 Å². The summed E-state index contributed by atoms with van der Waals surface area (Å²) in [5.41, 5.74) is 7.66. The highest BCUT2D eigenvalue weighted by Gasteiger charge is 2.11. The van der Waals surface area contributed by atoms with Gasteiger partial charge in [-0.2, -0.15) is 0 Å². The molecule has 2 heterocycles. The van der Waals surface area contributed by atoms with Crippen molar-refractivity contribution in [3.63, 3.8) is 0 Å². The van der Waals surface area contributed by atoms with Crippen molar-refractivity contribution < 1.29 is 9.53 Å². The van der Waals surface area contributed by atoms with Gasteiger partial charge in [-0.25, -0.2) is 4.98 Å². The Morgan fingerprint density at radius 3 is 3.14 bits per heavy atom. The third-order valence-corrected chi connectivity index (χ3v) is 3.07. The molecule has 4 N–H and O–H groups in total. The van der Waals surface area contributed by atoms with Crippen LogP contribution in [0.5, 0.6) is 5.88 Å². The molecule has 0 aliphatic rings. The average molecular weight is 289 g/mol. The number of aromatic amines is 1. The van der Waals surface area contributed by atoms with E-state index in [9.17, 15) is 4.79 Å². The third kappa shape index (κ3) is 3.71. The molecule has 21 heavy (non-hydrogen) atoms. The number of amides is 1. The lowest BCUT2D eigenvalue weighted by Crippen LogP contribution is -2.31. The van der Waals surface area contributed by atoms with Crippen molar-refractivity contribution in [3.8, 4) is 5.88 Å². The molecule has 0 saturated carbocycles. The lowest BCUT2D eigenvalue weighted by Gasteiger charge is -2.07. The summed E-state index contributed by atoms with van der Waals surface area (Å²) < 4.78 is 5.10. The Morgan fingerprint density at radius 1 is 1.62 bits per heavy atom. The molecule has 2 aromatic heterocycles. The molecule has 0 aliphatic heterocycles. The fourth-order valence-corrected chi connectivity index (χ4v) is 1.98. The van der Waals surface area contributed by atoms with Crippen LogP contribution < -0.4 is 15.8 Å². The summed E-state index contributed by atoms with van der Waals surface area (Å²) in [7, 11) is 1.56. The molecule has 7 nitrogen and oxygen atoms in total. The van der Waals surface area contributed by atoms with Crippen molar-refractivity contribution in [1.29, 1.82) is 0 Å². The summed E-state index contributed by atoms with van der Waals surface area (Å²) in [4.78, 5) is 23.4. The van der Waals surface area contributed by atoms with Gasteiger partial charge in [-0.15, -0.1) is 0 Å². The number of nitrogens with one attached hydrogen (secondary N) is 2. The van der Waals surface area contributed by atoms with E-state index >= 15 is 0 Å². The maximum atomic E-state index is 12.0. The first-order valence-electron chi connectivity index (χ1n) is 6.65. The van der Waals surface area contributed by atoms with E-state index in [1.807, 2.05) is 13.0 Å². The summed E-state index contributed by atoms with van der Waals surface area (Å²) in [6, 6.07) is 3.61. The van der Waals surface area contributed by atoms with Crippen LogP contribution in [0.25, 0.3) is 11.0 Å². The number of rotatable bonds is 6. The Kier molecular flexibility index (Phi) is 4.76. The Balaban J connectivity index is 2.04. The minimum absolute atomic E-state index is 0.0415. The maximum absolute atomic E-state index is 12.0. The SMILES string of the molecule is COc1ccc2[nH]cc(CC(=O)NCC(C)N=CN)c2n1. The number of carbonyl (C=O) groups is 1. The van der Waals surface area contributed by atoms with Crippen LogP contribution in [0.4, 0.5) is 0 Å². The molecule has 0 saturated heterocycles. The van der Waals surface area contributed by atoms with Crippen LogP contribution in [0.1, 0.15) is 12.5 Å². The number of nitrogens with zero attached hydrogens (tertiary/aromatic N) is 2. The van der Waals surface area contributed by atoms with E-state index in [-0.39, 0.29) is 18.4 Å². The second-order valence-electron chi connectivity index (χ2n) is 4.69. The molecule has 0 radical (unpaired) electrons. The van der Waals surface area contributed by atoms with Crippen LogP contribution in [-0.2, 0) is 11.2 Å². The number of aromatic nitrogens is 2. The third-order valence-electron chi connectivity index (χ3n) is 3.07. The fourth-order valence-electron chi connectivity index (χ4n) is 1.98. The highest BCUT2D eigenvalue weighted by molar-refractivity contribution is 5.86. The first-order chi connectivity index (χ1) is 10.1. The van der Waals surface area contributed by atoms with Crippen LogP contribution in [0.15, 0.2) is 23.3 Å². The molecular weight excluding hydrogens is 270 g/mol. The molecule has 2 aromatic rings. The van der Waals surface area contributed by atoms with Gasteiger partial charge in [0.2, 0.25) is 11.8 Å². The van der Waals surface area contributed by atoms with Gasteiger partial charge in [0, 0.05) is 24.4 Å². The number of fused-ring (bicyclic) bond motifs is 1. The van der Waals surface area contributed by atoms with Gasteiger partial charge in [-0.1, -0.05) is 0 Å². The zero-order valence-corrected chi connectivity index (χ0v) is 12.1. The van der Waals surface area contributed by atoms with Crippen LogP contribution in [0.3, 0.4) is 0 Å². The summed E-state index contributed by atoms with van der Waals surface area (Å²) in [6.07, 6.45) is 3.28. The van der Waals surface area contributed by atoms with E-state index in [1.54, 1.807) is 19.4 Å². The van der Waals surface area contributed by atoms with Crippen LogP contribution in [0.2, 0.25) is 0 Å². The minimum atomic E-state index is -0.0837.